The first-order valence-corrected chi connectivity index (χ1v) is 11.1. The molecule has 1 saturated heterocycles. The molecule has 1 amide bonds. The highest BCUT2D eigenvalue weighted by molar-refractivity contribution is 5.95. The highest BCUT2D eigenvalue weighted by atomic mass is 19.4. The van der Waals surface area contributed by atoms with Crippen LogP contribution in [0.2, 0.25) is 0 Å². The number of alkyl halides is 3. The number of hydrogen-bond acceptors (Lipinski definition) is 6. The van der Waals surface area contributed by atoms with E-state index in [0.29, 0.717) is 6.07 Å². The largest absolute Gasteiger partial charge is 0.493 e. The molecule has 37 heavy (non-hydrogen) atoms. The van der Waals surface area contributed by atoms with E-state index in [0.717, 1.165) is 39.3 Å². The Morgan fingerprint density at radius 1 is 1.24 bits per heavy atom. The van der Waals surface area contributed by atoms with Crippen molar-refractivity contribution in [3.05, 3.63) is 53.1 Å². The van der Waals surface area contributed by atoms with Crippen LogP contribution in [0.3, 0.4) is 0 Å². The van der Waals surface area contributed by atoms with Gasteiger partial charge in [0.15, 0.2) is 23.0 Å². The Hall–Kier alpha value is -2.90. The molecule has 2 heterocycles. The number of ether oxygens (including phenoxy) is 2. The van der Waals surface area contributed by atoms with Gasteiger partial charge in [0.2, 0.25) is 5.82 Å². The van der Waals surface area contributed by atoms with Gasteiger partial charge in [0.1, 0.15) is 6.10 Å². The summed E-state index contributed by atoms with van der Waals surface area (Å²) in [5, 5.41) is 12.3. The Labute approximate surface area is 209 Å². The monoisotopic (exact) mass is 535 g/mol. The van der Waals surface area contributed by atoms with E-state index in [1.54, 1.807) is 0 Å². The van der Waals surface area contributed by atoms with Crippen LogP contribution in [-0.2, 0) is 9.53 Å². The van der Waals surface area contributed by atoms with Gasteiger partial charge in [-0.15, -0.1) is 0 Å². The van der Waals surface area contributed by atoms with Gasteiger partial charge in [-0.05, 0) is 32.9 Å². The lowest BCUT2D eigenvalue weighted by molar-refractivity contribution is -0.272. The molecule has 1 aromatic heterocycles. The van der Waals surface area contributed by atoms with Gasteiger partial charge in [-0.2, -0.15) is 17.6 Å². The first kappa shape index (κ1) is 28.7. The third-order valence-corrected chi connectivity index (χ3v) is 6.78. The Kier molecular flexibility index (Phi) is 7.57. The van der Waals surface area contributed by atoms with Gasteiger partial charge in [-0.25, -0.2) is 8.78 Å². The predicted molar refractivity (Wildman–Crippen MR) is 120 cm³/mol. The Morgan fingerprint density at radius 2 is 1.86 bits per heavy atom. The molecule has 4 N–H and O–H groups in total. The average molecular weight is 535 g/mol. The number of methoxy groups -OCH3 is 1. The Bertz CT molecular complexity index is 1190. The number of halogens is 6. The van der Waals surface area contributed by atoms with Crippen LogP contribution in [0.15, 0.2) is 24.4 Å². The van der Waals surface area contributed by atoms with E-state index in [2.05, 4.69) is 10.3 Å². The van der Waals surface area contributed by atoms with Crippen LogP contribution < -0.4 is 15.8 Å². The minimum absolute atomic E-state index is 0.0103. The van der Waals surface area contributed by atoms with Crippen LogP contribution in [0.4, 0.5) is 32.0 Å². The summed E-state index contributed by atoms with van der Waals surface area (Å²) in [6.07, 6.45) is -6.15. The van der Waals surface area contributed by atoms with Crippen LogP contribution in [-0.4, -0.2) is 46.6 Å². The molecule has 204 valence electrons. The second-order valence-electron chi connectivity index (χ2n) is 9.65. The molecular weight excluding hydrogens is 508 g/mol. The number of amides is 1. The number of nitrogens with one attached hydrogen (secondary N) is 1. The molecule has 1 fully saturated rings. The Balaban J connectivity index is 2.08. The summed E-state index contributed by atoms with van der Waals surface area (Å²) < 4.78 is 95.2. The zero-order chi connectivity index (χ0) is 28.1. The van der Waals surface area contributed by atoms with Crippen molar-refractivity contribution >= 4 is 11.6 Å². The van der Waals surface area contributed by atoms with Gasteiger partial charge in [0.05, 0.1) is 36.3 Å². The molecule has 7 nitrogen and oxygen atoms in total. The molecule has 1 aliphatic rings. The number of nitrogens with two attached hydrogens (primary N) is 1. The van der Waals surface area contributed by atoms with Gasteiger partial charge in [0.25, 0.3) is 5.91 Å². The van der Waals surface area contributed by atoms with Crippen molar-refractivity contribution in [2.45, 2.75) is 63.1 Å². The van der Waals surface area contributed by atoms with E-state index in [4.69, 9.17) is 15.2 Å². The van der Waals surface area contributed by atoms with Crippen LogP contribution >= 0.6 is 0 Å². The molecule has 0 bridgehead atoms. The number of hydrogen-bond donors (Lipinski definition) is 3. The summed E-state index contributed by atoms with van der Waals surface area (Å²) in [4.78, 5) is 17.1. The number of carbonyl (C=O) groups excluding carboxylic acids is 1. The fraction of sp³-hybridized carbons (Fsp3) is 0.500. The topological polar surface area (TPSA) is 107 Å². The molecule has 1 aliphatic heterocycles. The second kappa shape index (κ2) is 9.76. The minimum Gasteiger partial charge on any atom is -0.493 e. The third kappa shape index (κ3) is 5.12. The highest BCUT2D eigenvalue weighted by Crippen LogP contribution is 2.55. The lowest BCUT2D eigenvalue weighted by atomic mass is 9.77. The number of rotatable bonds is 6. The van der Waals surface area contributed by atoms with Gasteiger partial charge in [-0.3, -0.25) is 9.78 Å². The van der Waals surface area contributed by atoms with Crippen LogP contribution in [0, 0.1) is 23.4 Å². The quantitative estimate of drug-likeness (QED) is 0.475. The molecule has 3 rings (SSSR count). The summed E-state index contributed by atoms with van der Waals surface area (Å²) >= 11 is 0. The normalized spacial score (nSPS) is 25.2. The molecule has 0 spiro atoms. The van der Waals surface area contributed by atoms with Crippen molar-refractivity contribution in [1.82, 2.24) is 4.98 Å². The molecule has 1 aromatic carbocycles. The van der Waals surface area contributed by atoms with E-state index in [-0.39, 0.29) is 11.3 Å². The summed E-state index contributed by atoms with van der Waals surface area (Å²) in [6, 6.07) is 1.65. The van der Waals surface area contributed by atoms with Gasteiger partial charge in [-0.1, -0.05) is 13.0 Å². The zero-order valence-corrected chi connectivity index (χ0v) is 20.6. The molecule has 0 unspecified atom stereocenters. The number of aliphatic hydroxyl groups is 1. The predicted octanol–water partition coefficient (Wildman–Crippen LogP) is 4.36. The van der Waals surface area contributed by atoms with Crippen molar-refractivity contribution in [2.24, 2.45) is 11.7 Å². The van der Waals surface area contributed by atoms with E-state index in [1.807, 2.05) is 0 Å². The van der Waals surface area contributed by atoms with Crippen molar-refractivity contribution in [3.63, 3.8) is 0 Å². The number of benzene rings is 1. The van der Waals surface area contributed by atoms with Crippen molar-refractivity contribution in [1.29, 1.82) is 0 Å². The average Bonchev–Trinajstić information content (AvgIpc) is 3.07. The first-order valence-electron chi connectivity index (χ1n) is 11.1. The van der Waals surface area contributed by atoms with Crippen molar-refractivity contribution < 1.29 is 45.7 Å². The fourth-order valence-corrected chi connectivity index (χ4v) is 4.33. The SMILES string of the molecule is COc1c([C@H]2[C@H](C(=O)Nc3cc([C@H](N)C(C)(C)O)ncc3F)O[C@@](C)(C(F)(F)F)[C@H]2C)ccc(F)c1F. The number of nitrogens with zero attached hydrogens (tertiary/aromatic N) is 1. The maximum Gasteiger partial charge on any atom is 0.417 e. The van der Waals surface area contributed by atoms with Gasteiger partial charge in [0, 0.05) is 17.4 Å². The Morgan fingerprint density at radius 3 is 2.41 bits per heavy atom. The van der Waals surface area contributed by atoms with E-state index in [1.165, 1.54) is 13.8 Å². The summed E-state index contributed by atoms with van der Waals surface area (Å²) in [6.45, 7) is 4.65. The van der Waals surface area contributed by atoms with Crippen molar-refractivity contribution in [2.75, 3.05) is 12.4 Å². The number of anilines is 1. The number of pyridine rings is 1. The zero-order valence-electron chi connectivity index (χ0n) is 20.6. The minimum atomic E-state index is -4.96. The third-order valence-electron chi connectivity index (χ3n) is 6.78. The smallest absolute Gasteiger partial charge is 0.417 e. The lowest BCUT2D eigenvalue weighted by Gasteiger charge is -2.32. The van der Waals surface area contributed by atoms with Crippen molar-refractivity contribution in [3.8, 4) is 5.75 Å². The molecule has 5 atom stereocenters. The molecule has 13 heteroatoms. The summed E-state index contributed by atoms with van der Waals surface area (Å²) in [7, 11) is 1.000. The van der Waals surface area contributed by atoms with Gasteiger partial charge < -0.3 is 25.6 Å². The molecule has 0 radical (unpaired) electrons. The number of aromatic nitrogens is 1. The van der Waals surface area contributed by atoms with Crippen LogP contribution in [0.1, 0.15) is 50.9 Å². The molecule has 0 saturated carbocycles. The molecule has 0 aliphatic carbocycles. The standard InChI is InChI=1S/C24H27F6N3O4/c1-10-16(11-6-7-12(25)17(27)18(11)36-5)19(37-23(10,4)24(28,29)30)21(34)33-14-8-15(32-9-13(14)26)20(31)22(2,3)35/h6-10,16,19-20,35H,31H2,1-5H3,(H,32,33,34)/t10-,16-,19+,20-,23+/m0/s1. The van der Waals surface area contributed by atoms with Crippen LogP contribution in [0.25, 0.3) is 0 Å². The summed E-state index contributed by atoms with van der Waals surface area (Å²) in [5.41, 5.74) is 0.849. The fourth-order valence-electron chi connectivity index (χ4n) is 4.33. The summed E-state index contributed by atoms with van der Waals surface area (Å²) in [5.74, 6) is -8.61. The maximum atomic E-state index is 14.5. The van der Waals surface area contributed by atoms with E-state index < -0.39 is 76.2 Å². The lowest BCUT2D eigenvalue weighted by Crippen LogP contribution is -2.47. The van der Waals surface area contributed by atoms with E-state index in [9.17, 15) is 36.2 Å². The molecular formula is C24H27F6N3O4. The van der Waals surface area contributed by atoms with Crippen LogP contribution in [0.5, 0.6) is 5.75 Å². The first-order chi connectivity index (χ1) is 16.9. The molecule has 2 aromatic rings. The highest BCUT2D eigenvalue weighted by Gasteiger charge is 2.66. The number of carbonyl (C=O) groups is 1. The van der Waals surface area contributed by atoms with Gasteiger partial charge >= 0.3 is 6.18 Å². The van der Waals surface area contributed by atoms with E-state index >= 15 is 0 Å². The maximum absolute atomic E-state index is 14.5. The second-order valence-corrected chi connectivity index (χ2v) is 9.65.